The maximum absolute atomic E-state index is 13.7. The number of carboxylic acids is 1. The number of benzene rings is 1. The third-order valence-electron chi connectivity index (χ3n) is 5.96. The van der Waals surface area contributed by atoms with E-state index >= 15 is 0 Å². The second kappa shape index (κ2) is 12.9. The van der Waals surface area contributed by atoms with Gasteiger partial charge in [-0.2, -0.15) is 13.2 Å². The van der Waals surface area contributed by atoms with Gasteiger partial charge in [-0.1, -0.05) is 54.2 Å². The predicted molar refractivity (Wildman–Crippen MR) is 127 cm³/mol. The smallest absolute Gasteiger partial charge is 0.416 e. The fraction of sp³-hybridized carbons (Fsp3) is 0.480. The fourth-order valence-electron chi connectivity index (χ4n) is 4.17. The van der Waals surface area contributed by atoms with Gasteiger partial charge in [-0.25, -0.2) is 4.98 Å². The minimum absolute atomic E-state index is 0.0157. The van der Waals surface area contributed by atoms with Crippen molar-refractivity contribution >= 4 is 23.8 Å². The Balaban J connectivity index is 1.51. The molecule has 6 nitrogen and oxygen atoms in total. The van der Waals surface area contributed by atoms with Crippen LogP contribution in [0.4, 0.5) is 13.2 Å². The van der Waals surface area contributed by atoms with Gasteiger partial charge in [-0.05, 0) is 42.0 Å². The SMILES string of the molecule is O=C(O)CCNCc1ccc(CC=NOCc2ccc(C3CCCCC3)c(C(F)(F)F)c2)nc1Cl. The van der Waals surface area contributed by atoms with E-state index in [0.717, 1.165) is 37.7 Å². The van der Waals surface area contributed by atoms with Crippen LogP contribution in [0.25, 0.3) is 0 Å². The first kappa shape index (κ1) is 26.9. The van der Waals surface area contributed by atoms with Crippen LogP contribution >= 0.6 is 11.6 Å². The lowest BCUT2D eigenvalue weighted by Gasteiger charge is -2.25. The van der Waals surface area contributed by atoms with Gasteiger partial charge >= 0.3 is 12.1 Å². The number of pyridine rings is 1. The Morgan fingerprint density at radius 3 is 2.69 bits per heavy atom. The second-order valence-electron chi connectivity index (χ2n) is 8.59. The number of nitrogens with one attached hydrogen (secondary N) is 1. The third-order valence-corrected chi connectivity index (χ3v) is 6.29. The summed E-state index contributed by atoms with van der Waals surface area (Å²) < 4.78 is 41.0. The van der Waals surface area contributed by atoms with E-state index in [0.29, 0.717) is 41.5 Å². The molecule has 0 aliphatic heterocycles. The first-order valence-electron chi connectivity index (χ1n) is 11.6. The molecule has 2 N–H and O–H groups in total. The van der Waals surface area contributed by atoms with Gasteiger partial charge in [0, 0.05) is 37.0 Å². The molecule has 2 aromatic rings. The van der Waals surface area contributed by atoms with Crippen LogP contribution in [-0.2, 0) is 35.4 Å². The van der Waals surface area contributed by atoms with Crippen molar-refractivity contribution in [2.75, 3.05) is 6.54 Å². The standard InChI is InChI=1S/C25H29ClF3N3O3/c26-24-19(15-30-12-11-23(33)34)7-8-20(32-24)10-13-31-35-16-17-6-9-21(18-4-2-1-3-5-18)22(14-17)25(27,28)29/h6-9,13-14,18,30H,1-5,10-12,15-16H2,(H,33,34). The molecule has 1 aliphatic rings. The molecule has 190 valence electrons. The highest BCUT2D eigenvalue weighted by atomic mass is 35.5. The molecule has 1 aromatic heterocycles. The Morgan fingerprint density at radius 1 is 1.23 bits per heavy atom. The topological polar surface area (TPSA) is 83.8 Å². The second-order valence-corrected chi connectivity index (χ2v) is 8.95. The quantitative estimate of drug-likeness (QED) is 0.164. The zero-order valence-electron chi connectivity index (χ0n) is 19.3. The molecule has 0 atom stereocenters. The highest BCUT2D eigenvalue weighted by Crippen LogP contribution is 2.41. The van der Waals surface area contributed by atoms with E-state index in [1.54, 1.807) is 24.3 Å². The lowest BCUT2D eigenvalue weighted by molar-refractivity contribution is -0.139. The van der Waals surface area contributed by atoms with Crippen molar-refractivity contribution in [3.63, 3.8) is 0 Å². The number of carboxylic acid groups (broad SMARTS) is 1. The maximum atomic E-state index is 13.7. The van der Waals surface area contributed by atoms with Gasteiger partial charge in [-0.15, -0.1) is 0 Å². The van der Waals surface area contributed by atoms with Crippen LogP contribution in [-0.4, -0.2) is 28.8 Å². The summed E-state index contributed by atoms with van der Waals surface area (Å²) >= 11 is 6.18. The number of oxime groups is 1. The minimum atomic E-state index is -4.41. The Hall–Kier alpha value is -2.65. The van der Waals surface area contributed by atoms with E-state index < -0.39 is 17.7 Å². The lowest BCUT2D eigenvalue weighted by atomic mass is 9.81. The van der Waals surface area contributed by atoms with Crippen LogP contribution in [0.1, 0.15) is 72.4 Å². The number of alkyl halides is 3. The van der Waals surface area contributed by atoms with Crippen molar-refractivity contribution in [3.8, 4) is 0 Å². The zero-order chi connectivity index (χ0) is 25.3. The molecule has 1 fully saturated rings. The summed E-state index contributed by atoms with van der Waals surface area (Å²) in [5.74, 6) is -0.921. The van der Waals surface area contributed by atoms with Crippen LogP contribution in [0, 0.1) is 0 Å². The predicted octanol–water partition coefficient (Wildman–Crippen LogP) is 6.11. The van der Waals surface area contributed by atoms with Crippen molar-refractivity contribution in [1.29, 1.82) is 0 Å². The van der Waals surface area contributed by atoms with Crippen LogP contribution in [0.2, 0.25) is 5.15 Å². The van der Waals surface area contributed by atoms with Gasteiger partial charge in [0.15, 0.2) is 0 Å². The first-order valence-corrected chi connectivity index (χ1v) is 12.0. The Kier molecular flexibility index (Phi) is 9.92. The van der Waals surface area contributed by atoms with Crippen molar-refractivity contribution < 1.29 is 27.9 Å². The summed E-state index contributed by atoms with van der Waals surface area (Å²) in [6.45, 7) is 0.654. The van der Waals surface area contributed by atoms with Crippen molar-refractivity contribution in [3.05, 3.63) is 63.4 Å². The summed E-state index contributed by atoms with van der Waals surface area (Å²) in [4.78, 5) is 20.0. The molecule has 0 unspecified atom stereocenters. The lowest BCUT2D eigenvalue weighted by Crippen LogP contribution is -2.18. The molecule has 1 aromatic carbocycles. The molecule has 10 heteroatoms. The molecule has 3 rings (SSSR count). The molecule has 0 amide bonds. The molecule has 35 heavy (non-hydrogen) atoms. The van der Waals surface area contributed by atoms with E-state index in [4.69, 9.17) is 21.5 Å². The van der Waals surface area contributed by atoms with Crippen LogP contribution < -0.4 is 5.32 Å². The first-order chi connectivity index (χ1) is 16.7. The highest BCUT2D eigenvalue weighted by Gasteiger charge is 2.35. The number of hydrogen-bond donors (Lipinski definition) is 2. The number of carbonyl (C=O) groups is 1. The zero-order valence-corrected chi connectivity index (χ0v) is 20.0. The van der Waals surface area contributed by atoms with Crippen LogP contribution in [0.15, 0.2) is 35.5 Å². The molecule has 0 saturated heterocycles. The number of halogens is 4. The molecular formula is C25H29ClF3N3O3. The van der Waals surface area contributed by atoms with E-state index in [-0.39, 0.29) is 18.9 Å². The van der Waals surface area contributed by atoms with Gasteiger partial charge in [-0.3, -0.25) is 4.79 Å². The monoisotopic (exact) mass is 511 g/mol. The maximum Gasteiger partial charge on any atom is 0.416 e. The minimum Gasteiger partial charge on any atom is -0.481 e. The molecule has 1 saturated carbocycles. The van der Waals surface area contributed by atoms with Crippen LogP contribution in [0.5, 0.6) is 0 Å². The average Bonchev–Trinajstić information content (AvgIpc) is 2.82. The van der Waals surface area contributed by atoms with Crippen LogP contribution in [0.3, 0.4) is 0 Å². The Bertz CT molecular complexity index is 1020. The Morgan fingerprint density at radius 2 is 2.00 bits per heavy atom. The number of hydrogen-bond acceptors (Lipinski definition) is 5. The number of aromatic nitrogens is 1. The van der Waals surface area contributed by atoms with Gasteiger partial charge in [0.05, 0.1) is 12.0 Å². The van der Waals surface area contributed by atoms with E-state index in [1.165, 1.54) is 12.3 Å². The van der Waals surface area contributed by atoms with Gasteiger partial charge < -0.3 is 15.3 Å². The number of aliphatic carboxylic acids is 1. The summed E-state index contributed by atoms with van der Waals surface area (Å²) in [7, 11) is 0. The van der Waals surface area contributed by atoms with E-state index in [9.17, 15) is 18.0 Å². The summed E-state index contributed by atoms with van der Waals surface area (Å²) in [5, 5.41) is 15.8. The third kappa shape index (κ3) is 8.50. The largest absolute Gasteiger partial charge is 0.481 e. The molecule has 0 bridgehead atoms. The van der Waals surface area contributed by atoms with Crippen molar-refractivity contribution in [1.82, 2.24) is 10.3 Å². The van der Waals surface area contributed by atoms with E-state index in [1.807, 2.05) is 0 Å². The van der Waals surface area contributed by atoms with Crippen molar-refractivity contribution in [2.45, 2.75) is 70.2 Å². The molecule has 1 aliphatic carbocycles. The highest BCUT2D eigenvalue weighted by molar-refractivity contribution is 6.30. The number of rotatable bonds is 11. The molecule has 0 radical (unpaired) electrons. The van der Waals surface area contributed by atoms with Gasteiger partial charge in [0.2, 0.25) is 0 Å². The summed E-state index contributed by atoms with van der Waals surface area (Å²) in [5.41, 5.74) is 1.60. The summed E-state index contributed by atoms with van der Waals surface area (Å²) in [6.07, 6.45) is 2.02. The number of nitrogens with zero attached hydrogens (tertiary/aromatic N) is 2. The fourth-order valence-corrected chi connectivity index (χ4v) is 4.41. The van der Waals surface area contributed by atoms with Gasteiger partial charge in [0.25, 0.3) is 0 Å². The Labute approximate surface area is 207 Å². The van der Waals surface area contributed by atoms with Crippen molar-refractivity contribution in [2.24, 2.45) is 5.16 Å². The molecule has 0 spiro atoms. The molecular weight excluding hydrogens is 483 g/mol. The van der Waals surface area contributed by atoms with Gasteiger partial charge in [0.1, 0.15) is 11.8 Å². The van der Waals surface area contributed by atoms with E-state index in [2.05, 4.69) is 15.5 Å². The molecule has 1 heterocycles. The average molecular weight is 512 g/mol. The normalized spacial score (nSPS) is 15.0. The summed E-state index contributed by atoms with van der Waals surface area (Å²) in [6, 6.07) is 8.00.